The lowest BCUT2D eigenvalue weighted by Gasteiger charge is -2.16. The van der Waals surface area contributed by atoms with E-state index in [1.165, 1.54) is 4.90 Å². The second-order valence-corrected chi connectivity index (χ2v) is 6.57. The summed E-state index contributed by atoms with van der Waals surface area (Å²) in [5.74, 6) is 0.548. The molecule has 1 aliphatic heterocycles. The minimum absolute atomic E-state index is 0.282. The Morgan fingerprint density at radius 2 is 2.00 bits per heavy atom. The van der Waals surface area contributed by atoms with Crippen LogP contribution in [0.5, 0.6) is 0 Å². The summed E-state index contributed by atoms with van der Waals surface area (Å²) in [5.41, 5.74) is 0.903. The van der Waals surface area contributed by atoms with E-state index < -0.39 is 12.1 Å². The van der Waals surface area contributed by atoms with Crippen molar-refractivity contribution in [3.63, 3.8) is 0 Å². The standard InChI is InChI=1S/C19H20ClNO5/c1-21(18(22)12-25-19(23)17-3-2-10-24-17)11-15-8-9-16(26-15)13-4-6-14(20)7-5-13/h4-9,17H,2-3,10-12H2,1H3/t17-/m0/s1. The SMILES string of the molecule is CN(Cc1ccc(-c2ccc(Cl)cc2)o1)C(=O)COC(=O)[C@@H]1CCCO1. The number of likely N-dealkylation sites (N-methyl/N-ethyl adjacent to an activating group) is 1. The molecule has 0 aliphatic carbocycles. The first-order valence-electron chi connectivity index (χ1n) is 8.40. The molecule has 1 atom stereocenters. The maximum atomic E-state index is 12.1. The number of nitrogens with zero attached hydrogens (tertiary/aromatic N) is 1. The third kappa shape index (κ3) is 4.65. The largest absolute Gasteiger partial charge is 0.459 e. The van der Waals surface area contributed by atoms with Gasteiger partial charge in [-0.25, -0.2) is 4.79 Å². The Labute approximate surface area is 156 Å². The molecule has 1 aromatic heterocycles. The van der Waals surface area contributed by atoms with Crippen molar-refractivity contribution < 1.29 is 23.5 Å². The van der Waals surface area contributed by atoms with Gasteiger partial charge in [0.25, 0.3) is 5.91 Å². The van der Waals surface area contributed by atoms with E-state index in [2.05, 4.69) is 0 Å². The molecule has 1 aliphatic rings. The summed E-state index contributed by atoms with van der Waals surface area (Å²) in [5, 5.41) is 0.656. The van der Waals surface area contributed by atoms with Gasteiger partial charge in [-0.3, -0.25) is 4.79 Å². The normalized spacial score (nSPS) is 16.5. The molecule has 1 amide bonds. The number of rotatable bonds is 6. The van der Waals surface area contributed by atoms with Crippen LogP contribution in [0.25, 0.3) is 11.3 Å². The Balaban J connectivity index is 1.51. The van der Waals surface area contributed by atoms with Gasteiger partial charge in [-0.2, -0.15) is 0 Å². The smallest absolute Gasteiger partial charge is 0.335 e. The molecule has 1 fully saturated rings. The fourth-order valence-corrected chi connectivity index (χ4v) is 2.78. The quantitative estimate of drug-likeness (QED) is 0.722. The van der Waals surface area contributed by atoms with E-state index in [1.54, 1.807) is 19.2 Å². The zero-order valence-electron chi connectivity index (χ0n) is 14.4. The van der Waals surface area contributed by atoms with Gasteiger partial charge in [-0.05, 0) is 49.2 Å². The van der Waals surface area contributed by atoms with Crippen LogP contribution in [0.15, 0.2) is 40.8 Å². The number of halogens is 1. The summed E-state index contributed by atoms with van der Waals surface area (Å²) in [7, 11) is 1.63. The molecule has 0 saturated carbocycles. The molecule has 0 unspecified atom stereocenters. The maximum absolute atomic E-state index is 12.1. The van der Waals surface area contributed by atoms with E-state index in [-0.39, 0.29) is 19.1 Å². The molecule has 2 heterocycles. The molecular weight excluding hydrogens is 358 g/mol. The van der Waals surface area contributed by atoms with E-state index in [1.807, 2.05) is 24.3 Å². The van der Waals surface area contributed by atoms with E-state index in [9.17, 15) is 9.59 Å². The molecule has 0 radical (unpaired) electrons. The molecule has 6 nitrogen and oxygen atoms in total. The van der Waals surface area contributed by atoms with Gasteiger partial charge in [0.15, 0.2) is 12.7 Å². The van der Waals surface area contributed by atoms with Crippen molar-refractivity contribution >= 4 is 23.5 Å². The van der Waals surface area contributed by atoms with Crippen molar-refractivity contribution in [2.45, 2.75) is 25.5 Å². The van der Waals surface area contributed by atoms with Crippen LogP contribution in [-0.4, -0.2) is 43.1 Å². The minimum atomic E-state index is -0.542. The molecule has 0 spiro atoms. The van der Waals surface area contributed by atoms with Crippen LogP contribution in [0.1, 0.15) is 18.6 Å². The average Bonchev–Trinajstić information content (AvgIpc) is 3.32. The Kier molecular flexibility index (Phi) is 5.96. The molecule has 0 N–H and O–H groups in total. The van der Waals surface area contributed by atoms with Crippen LogP contribution in [-0.2, 0) is 25.6 Å². The number of hydrogen-bond acceptors (Lipinski definition) is 5. The zero-order valence-corrected chi connectivity index (χ0v) is 15.2. The van der Waals surface area contributed by atoms with Crippen LogP contribution in [0, 0.1) is 0 Å². The highest BCUT2D eigenvalue weighted by Crippen LogP contribution is 2.24. The van der Waals surface area contributed by atoms with Crippen molar-refractivity contribution in [2.24, 2.45) is 0 Å². The van der Waals surface area contributed by atoms with Crippen molar-refractivity contribution in [1.82, 2.24) is 4.90 Å². The number of ether oxygens (including phenoxy) is 2. The lowest BCUT2D eigenvalue weighted by atomic mass is 10.2. The minimum Gasteiger partial charge on any atom is -0.459 e. The highest BCUT2D eigenvalue weighted by molar-refractivity contribution is 6.30. The molecule has 3 rings (SSSR count). The van der Waals surface area contributed by atoms with Gasteiger partial charge in [0.05, 0.1) is 6.54 Å². The van der Waals surface area contributed by atoms with E-state index in [4.69, 9.17) is 25.5 Å². The van der Waals surface area contributed by atoms with E-state index >= 15 is 0 Å². The van der Waals surface area contributed by atoms with Gasteiger partial charge in [-0.15, -0.1) is 0 Å². The molecule has 1 saturated heterocycles. The second kappa shape index (κ2) is 8.38. The van der Waals surface area contributed by atoms with Crippen molar-refractivity contribution in [3.05, 3.63) is 47.2 Å². The zero-order chi connectivity index (χ0) is 18.5. The lowest BCUT2D eigenvalue weighted by molar-refractivity contribution is -0.159. The van der Waals surface area contributed by atoms with Gasteiger partial charge >= 0.3 is 5.97 Å². The molecule has 138 valence electrons. The topological polar surface area (TPSA) is 69.0 Å². The summed E-state index contributed by atoms with van der Waals surface area (Å²) < 4.78 is 16.0. The van der Waals surface area contributed by atoms with Gasteiger partial charge in [0, 0.05) is 24.2 Å². The third-order valence-electron chi connectivity index (χ3n) is 4.14. The number of carbonyl (C=O) groups excluding carboxylic acids is 2. The second-order valence-electron chi connectivity index (χ2n) is 6.13. The first-order chi connectivity index (χ1) is 12.5. The van der Waals surface area contributed by atoms with Crippen molar-refractivity contribution in [2.75, 3.05) is 20.3 Å². The van der Waals surface area contributed by atoms with E-state index in [0.717, 1.165) is 12.0 Å². The lowest BCUT2D eigenvalue weighted by Crippen LogP contribution is -2.32. The fourth-order valence-electron chi connectivity index (χ4n) is 2.65. The highest BCUT2D eigenvalue weighted by Gasteiger charge is 2.26. The number of carbonyl (C=O) groups is 2. The molecule has 26 heavy (non-hydrogen) atoms. The summed E-state index contributed by atoms with van der Waals surface area (Å²) in [6.45, 7) is 0.534. The van der Waals surface area contributed by atoms with Crippen LogP contribution >= 0.6 is 11.6 Å². The van der Waals surface area contributed by atoms with Crippen molar-refractivity contribution in [3.8, 4) is 11.3 Å². The summed E-state index contributed by atoms with van der Waals surface area (Å²) in [6, 6.07) is 11.0. The van der Waals surface area contributed by atoms with Crippen LogP contribution < -0.4 is 0 Å². The fraction of sp³-hybridized carbons (Fsp3) is 0.368. The number of hydrogen-bond donors (Lipinski definition) is 0. The Bertz CT molecular complexity index is 764. The Morgan fingerprint density at radius 1 is 1.23 bits per heavy atom. The third-order valence-corrected chi connectivity index (χ3v) is 4.39. The predicted molar refractivity (Wildman–Crippen MR) is 95.6 cm³/mol. The molecular formula is C19H20ClNO5. The van der Waals surface area contributed by atoms with Gasteiger partial charge in [0.2, 0.25) is 0 Å². The first kappa shape index (κ1) is 18.5. The predicted octanol–water partition coefficient (Wildman–Crippen LogP) is 3.28. The molecule has 1 aromatic carbocycles. The number of benzene rings is 1. The number of furan rings is 1. The number of esters is 1. The van der Waals surface area contributed by atoms with E-state index in [0.29, 0.717) is 29.6 Å². The van der Waals surface area contributed by atoms with Gasteiger partial charge in [0.1, 0.15) is 11.5 Å². The number of amides is 1. The summed E-state index contributed by atoms with van der Waals surface area (Å²) in [6.07, 6.45) is 0.935. The Hall–Kier alpha value is -2.31. The van der Waals surface area contributed by atoms with Crippen LogP contribution in [0.2, 0.25) is 5.02 Å². The molecule has 7 heteroatoms. The van der Waals surface area contributed by atoms with Crippen LogP contribution in [0.3, 0.4) is 0 Å². The monoisotopic (exact) mass is 377 g/mol. The maximum Gasteiger partial charge on any atom is 0.335 e. The average molecular weight is 378 g/mol. The van der Waals surface area contributed by atoms with Gasteiger partial charge in [-0.1, -0.05) is 11.6 Å². The molecule has 0 bridgehead atoms. The first-order valence-corrected chi connectivity index (χ1v) is 8.77. The Morgan fingerprint density at radius 3 is 2.69 bits per heavy atom. The highest BCUT2D eigenvalue weighted by atomic mass is 35.5. The van der Waals surface area contributed by atoms with Crippen molar-refractivity contribution in [1.29, 1.82) is 0 Å². The van der Waals surface area contributed by atoms with Gasteiger partial charge < -0.3 is 18.8 Å². The summed E-state index contributed by atoms with van der Waals surface area (Å²) in [4.78, 5) is 25.4. The summed E-state index contributed by atoms with van der Waals surface area (Å²) >= 11 is 5.88. The van der Waals surface area contributed by atoms with Crippen LogP contribution in [0.4, 0.5) is 0 Å². The molecule has 2 aromatic rings.